The summed E-state index contributed by atoms with van der Waals surface area (Å²) in [6.45, 7) is 2.29. The highest BCUT2D eigenvalue weighted by Crippen LogP contribution is 2.48. The second kappa shape index (κ2) is 4.98. The lowest BCUT2D eigenvalue weighted by molar-refractivity contribution is 0.331. The zero-order valence-electron chi connectivity index (χ0n) is 11.9. The molecule has 1 heterocycles. The van der Waals surface area contributed by atoms with E-state index in [-0.39, 0.29) is 0 Å². The van der Waals surface area contributed by atoms with Crippen LogP contribution in [-0.4, -0.2) is 24.0 Å². The molecule has 4 rings (SSSR count). The highest BCUT2D eigenvalue weighted by atomic mass is 32.2. The number of thioether (sulfide) groups is 1. The summed E-state index contributed by atoms with van der Waals surface area (Å²) in [6.07, 6.45) is 11.7. The summed E-state index contributed by atoms with van der Waals surface area (Å²) in [5, 5.41) is 4.92. The molecule has 2 nitrogen and oxygen atoms in total. The predicted octanol–water partition coefficient (Wildman–Crippen LogP) is 3.68. The molecule has 3 atom stereocenters. The lowest BCUT2D eigenvalue weighted by Crippen LogP contribution is -2.36. The first-order valence-electron chi connectivity index (χ1n) is 8.24. The normalized spacial score (nSPS) is 39.8. The van der Waals surface area contributed by atoms with E-state index in [9.17, 15) is 0 Å². The van der Waals surface area contributed by atoms with Crippen LogP contribution in [0.2, 0.25) is 0 Å². The van der Waals surface area contributed by atoms with Crippen LogP contribution in [0.1, 0.15) is 51.4 Å². The fraction of sp³-hybridized carbons (Fsp3) is 0.938. The summed E-state index contributed by atoms with van der Waals surface area (Å²) in [7, 11) is 0. The maximum absolute atomic E-state index is 4.86. The molecule has 3 unspecified atom stereocenters. The number of hydrogen-bond acceptors (Lipinski definition) is 3. The van der Waals surface area contributed by atoms with Crippen LogP contribution in [0.25, 0.3) is 0 Å². The largest absolute Gasteiger partial charge is 0.365 e. The molecule has 3 aliphatic carbocycles. The molecule has 2 bridgehead atoms. The fourth-order valence-corrected chi connectivity index (χ4v) is 6.10. The summed E-state index contributed by atoms with van der Waals surface area (Å²) in [5.74, 6) is 4.37. The molecule has 0 aromatic rings. The molecular weight excluding hydrogens is 252 g/mol. The molecule has 3 fully saturated rings. The molecule has 19 heavy (non-hydrogen) atoms. The van der Waals surface area contributed by atoms with Gasteiger partial charge in [-0.15, -0.1) is 0 Å². The monoisotopic (exact) mass is 278 g/mol. The van der Waals surface area contributed by atoms with Crippen molar-refractivity contribution in [3.63, 3.8) is 0 Å². The Hall–Kier alpha value is -0.180. The molecule has 1 spiro atoms. The fourth-order valence-electron chi connectivity index (χ4n) is 4.93. The van der Waals surface area contributed by atoms with Crippen molar-refractivity contribution in [1.82, 2.24) is 5.32 Å². The number of rotatable bonds is 2. The lowest BCUT2D eigenvalue weighted by atomic mass is 9.88. The van der Waals surface area contributed by atoms with E-state index < -0.39 is 0 Å². The summed E-state index contributed by atoms with van der Waals surface area (Å²) >= 11 is 2.00. The van der Waals surface area contributed by atoms with Crippen LogP contribution < -0.4 is 5.32 Å². The zero-order chi connectivity index (χ0) is 12.7. The van der Waals surface area contributed by atoms with Gasteiger partial charge in [0.2, 0.25) is 0 Å². The number of aliphatic imine (C=N–C) groups is 1. The van der Waals surface area contributed by atoms with E-state index in [1.165, 1.54) is 68.8 Å². The molecule has 1 aliphatic heterocycles. The van der Waals surface area contributed by atoms with E-state index in [0.29, 0.717) is 5.41 Å². The molecule has 4 aliphatic rings. The van der Waals surface area contributed by atoms with Crippen LogP contribution in [0.3, 0.4) is 0 Å². The Morgan fingerprint density at radius 2 is 2.11 bits per heavy atom. The average Bonchev–Trinajstić information content (AvgIpc) is 3.15. The highest BCUT2D eigenvalue weighted by molar-refractivity contribution is 8.13. The van der Waals surface area contributed by atoms with Crippen LogP contribution in [0.5, 0.6) is 0 Å². The number of hydrogen-bond donors (Lipinski definition) is 1. The second-order valence-corrected chi connectivity index (χ2v) is 8.40. The van der Waals surface area contributed by atoms with E-state index in [2.05, 4.69) is 5.32 Å². The van der Waals surface area contributed by atoms with Crippen LogP contribution >= 0.6 is 11.8 Å². The number of fused-ring (bicyclic) bond motifs is 2. The SMILES string of the molecule is C1CCC2(C1)CN=C(NCC1CC3CCC1C3)SC2. The van der Waals surface area contributed by atoms with Crippen LogP contribution in [0.15, 0.2) is 4.99 Å². The van der Waals surface area contributed by atoms with Gasteiger partial charge in [0, 0.05) is 18.8 Å². The van der Waals surface area contributed by atoms with Crippen LogP contribution in [-0.2, 0) is 0 Å². The maximum Gasteiger partial charge on any atom is 0.156 e. The van der Waals surface area contributed by atoms with Crippen molar-refractivity contribution >= 4 is 16.9 Å². The molecule has 3 heteroatoms. The van der Waals surface area contributed by atoms with E-state index in [4.69, 9.17) is 4.99 Å². The van der Waals surface area contributed by atoms with Gasteiger partial charge in [-0.1, -0.05) is 31.0 Å². The molecule has 0 aromatic carbocycles. The Morgan fingerprint density at radius 1 is 1.21 bits per heavy atom. The topological polar surface area (TPSA) is 24.4 Å². The number of nitrogens with one attached hydrogen (secondary N) is 1. The minimum atomic E-state index is 0.586. The second-order valence-electron chi connectivity index (χ2n) is 7.43. The van der Waals surface area contributed by atoms with Gasteiger partial charge in [-0.25, -0.2) is 0 Å². The average molecular weight is 278 g/mol. The Balaban J connectivity index is 1.29. The Kier molecular flexibility index (Phi) is 3.29. The Labute approximate surface area is 121 Å². The predicted molar refractivity (Wildman–Crippen MR) is 82.6 cm³/mol. The van der Waals surface area contributed by atoms with Crippen LogP contribution in [0, 0.1) is 23.2 Å². The summed E-state index contributed by atoms with van der Waals surface area (Å²) < 4.78 is 0. The number of amidine groups is 1. The van der Waals surface area contributed by atoms with Gasteiger partial charge in [0.25, 0.3) is 0 Å². The van der Waals surface area contributed by atoms with Gasteiger partial charge in [-0.05, 0) is 55.3 Å². The third-order valence-corrected chi connectivity index (χ3v) is 7.44. The minimum Gasteiger partial charge on any atom is -0.365 e. The molecule has 0 aromatic heterocycles. The molecule has 1 N–H and O–H groups in total. The Bertz CT molecular complexity index is 373. The zero-order valence-corrected chi connectivity index (χ0v) is 12.7. The smallest absolute Gasteiger partial charge is 0.156 e. The number of nitrogens with zero attached hydrogens (tertiary/aromatic N) is 1. The van der Waals surface area contributed by atoms with Gasteiger partial charge < -0.3 is 5.32 Å². The molecule has 0 amide bonds. The minimum absolute atomic E-state index is 0.586. The molecule has 3 saturated carbocycles. The van der Waals surface area contributed by atoms with Crippen molar-refractivity contribution in [2.75, 3.05) is 18.8 Å². The van der Waals surface area contributed by atoms with Gasteiger partial charge in [-0.2, -0.15) is 0 Å². The molecule has 0 saturated heterocycles. The van der Waals surface area contributed by atoms with Crippen molar-refractivity contribution in [2.45, 2.75) is 51.4 Å². The van der Waals surface area contributed by atoms with Gasteiger partial charge >= 0.3 is 0 Å². The van der Waals surface area contributed by atoms with Gasteiger partial charge in [0.05, 0.1) is 0 Å². The van der Waals surface area contributed by atoms with E-state index in [1.807, 2.05) is 11.8 Å². The summed E-state index contributed by atoms with van der Waals surface area (Å²) in [4.78, 5) is 4.86. The molecular formula is C16H26N2S. The maximum atomic E-state index is 4.86. The van der Waals surface area contributed by atoms with Crippen LogP contribution in [0.4, 0.5) is 0 Å². The highest BCUT2D eigenvalue weighted by Gasteiger charge is 2.40. The van der Waals surface area contributed by atoms with Crippen molar-refractivity contribution in [1.29, 1.82) is 0 Å². The van der Waals surface area contributed by atoms with Crippen molar-refractivity contribution in [2.24, 2.45) is 28.2 Å². The summed E-state index contributed by atoms with van der Waals surface area (Å²) in [6, 6.07) is 0. The quantitative estimate of drug-likeness (QED) is 0.833. The van der Waals surface area contributed by atoms with E-state index >= 15 is 0 Å². The van der Waals surface area contributed by atoms with E-state index in [1.54, 1.807) is 0 Å². The third-order valence-electron chi connectivity index (χ3n) is 6.14. The van der Waals surface area contributed by atoms with Gasteiger partial charge in [0.15, 0.2) is 5.17 Å². The lowest BCUT2D eigenvalue weighted by Gasteiger charge is -2.31. The van der Waals surface area contributed by atoms with Crippen molar-refractivity contribution in [3.05, 3.63) is 0 Å². The standard InChI is InChI=1S/C16H26N2S/c1-2-6-16(5-1)10-18-15(19-11-16)17-9-14-8-12-3-4-13(14)7-12/h12-14H,1-11H2,(H,17,18). The van der Waals surface area contributed by atoms with Gasteiger partial charge in [-0.3, -0.25) is 4.99 Å². The molecule has 106 valence electrons. The Morgan fingerprint density at radius 3 is 2.74 bits per heavy atom. The van der Waals surface area contributed by atoms with Crippen molar-refractivity contribution in [3.8, 4) is 0 Å². The van der Waals surface area contributed by atoms with Gasteiger partial charge in [0.1, 0.15) is 0 Å². The van der Waals surface area contributed by atoms with Crippen molar-refractivity contribution < 1.29 is 0 Å². The molecule has 0 radical (unpaired) electrons. The first-order chi connectivity index (χ1) is 9.33. The summed E-state index contributed by atoms with van der Waals surface area (Å²) in [5.41, 5.74) is 0.586. The first-order valence-corrected chi connectivity index (χ1v) is 9.23. The third kappa shape index (κ3) is 2.43. The van der Waals surface area contributed by atoms with E-state index in [0.717, 1.165) is 24.3 Å². The first kappa shape index (κ1) is 12.6.